The zero-order valence-corrected chi connectivity index (χ0v) is 12.3. The third-order valence-electron chi connectivity index (χ3n) is 4.50. The molecule has 0 radical (unpaired) electrons. The molecule has 3 heteroatoms. The minimum atomic E-state index is -0.629. The van der Waals surface area contributed by atoms with Gasteiger partial charge in [0.05, 0.1) is 5.60 Å². The zero-order chi connectivity index (χ0) is 13.4. The molecular weight excluding hydrogens is 224 g/mol. The highest BCUT2D eigenvalue weighted by atomic mass is 16.3. The van der Waals surface area contributed by atoms with Gasteiger partial charge in [-0.1, -0.05) is 26.7 Å². The molecule has 3 nitrogen and oxygen atoms in total. The molecule has 0 bridgehead atoms. The monoisotopic (exact) mass is 256 g/mol. The second kappa shape index (κ2) is 8.13. The summed E-state index contributed by atoms with van der Waals surface area (Å²) >= 11 is 0. The highest BCUT2D eigenvalue weighted by Crippen LogP contribution is 2.22. The lowest BCUT2D eigenvalue weighted by Crippen LogP contribution is -2.42. The molecule has 2 atom stereocenters. The maximum atomic E-state index is 10.2. The number of piperidine rings is 1. The summed E-state index contributed by atoms with van der Waals surface area (Å²) < 4.78 is 0. The Morgan fingerprint density at radius 2 is 2.11 bits per heavy atom. The third kappa shape index (κ3) is 4.87. The quantitative estimate of drug-likeness (QED) is 0.701. The highest BCUT2D eigenvalue weighted by molar-refractivity contribution is 4.80. The maximum Gasteiger partial charge on any atom is 0.0767 e. The second-order valence-electron chi connectivity index (χ2n) is 5.86. The lowest BCUT2D eigenvalue weighted by Gasteiger charge is -2.36. The van der Waals surface area contributed by atoms with Crippen molar-refractivity contribution >= 4 is 0 Å². The molecule has 0 spiro atoms. The number of rotatable bonds is 8. The average Bonchev–Trinajstić information content (AvgIpc) is 2.41. The molecule has 0 aromatic carbocycles. The first-order valence-electron chi connectivity index (χ1n) is 7.81. The van der Waals surface area contributed by atoms with Gasteiger partial charge in [-0.05, 0) is 51.6 Å². The van der Waals surface area contributed by atoms with E-state index >= 15 is 0 Å². The molecule has 108 valence electrons. The van der Waals surface area contributed by atoms with Crippen LogP contribution in [0.1, 0.15) is 65.2 Å². The molecule has 0 saturated carbocycles. The van der Waals surface area contributed by atoms with E-state index in [1.807, 2.05) is 6.92 Å². The fraction of sp³-hybridized carbons (Fsp3) is 1.00. The summed E-state index contributed by atoms with van der Waals surface area (Å²) in [6.07, 6.45) is 9.39. The van der Waals surface area contributed by atoms with Crippen LogP contribution in [0.15, 0.2) is 0 Å². The van der Waals surface area contributed by atoms with Crippen LogP contribution in [-0.4, -0.2) is 41.3 Å². The van der Waals surface area contributed by atoms with Gasteiger partial charge in [0, 0.05) is 12.6 Å². The summed E-state index contributed by atoms with van der Waals surface area (Å²) in [5.74, 6) is 0. The minimum Gasteiger partial charge on any atom is -0.389 e. The smallest absolute Gasteiger partial charge is 0.0767 e. The molecular formula is C15H32N2O. The van der Waals surface area contributed by atoms with Crippen molar-refractivity contribution in [2.45, 2.75) is 76.9 Å². The van der Waals surface area contributed by atoms with Gasteiger partial charge in [0.2, 0.25) is 0 Å². The molecule has 0 aromatic heterocycles. The van der Waals surface area contributed by atoms with Crippen molar-refractivity contribution in [2.24, 2.45) is 5.73 Å². The van der Waals surface area contributed by atoms with Gasteiger partial charge in [-0.2, -0.15) is 0 Å². The van der Waals surface area contributed by atoms with Crippen LogP contribution in [0.4, 0.5) is 0 Å². The van der Waals surface area contributed by atoms with Crippen molar-refractivity contribution in [3.63, 3.8) is 0 Å². The summed E-state index contributed by atoms with van der Waals surface area (Å²) in [6.45, 7) is 7.07. The molecule has 0 aliphatic carbocycles. The Morgan fingerprint density at radius 1 is 1.33 bits per heavy atom. The summed E-state index contributed by atoms with van der Waals surface area (Å²) in [6, 6.07) is 0.788. The zero-order valence-electron chi connectivity index (χ0n) is 12.3. The molecule has 1 saturated heterocycles. The van der Waals surface area contributed by atoms with E-state index in [0.717, 1.165) is 31.8 Å². The molecule has 1 aliphatic heterocycles. The Hall–Kier alpha value is -0.120. The van der Waals surface area contributed by atoms with Crippen LogP contribution in [0.2, 0.25) is 0 Å². The van der Waals surface area contributed by atoms with Crippen LogP contribution in [0.5, 0.6) is 0 Å². The van der Waals surface area contributed by atoms with Crippen molar-refractivity contribution in [3.05, 3.63) is 0 Å². The molecule has 0 amide bonds. The van der Waals surface area contributed by atoms with Crippen LogP contribution in [0, 0.1) is 0 Å². The van der Waals surface area contributed by atoms with Crippen molar-refractivity contribution in [3.8, 4) is 0 Å². The highest BCUT2D eigenvalue weighted by Gasteiger charge is 2.24. The number of aliphatic hydroxyl groups is 1. The van der Waals surface area contributed by atoms with Crippen molar-refractivity contribution in [1.29, 1.82) is 0 Å². The Labute approximate surface area is 113 Å². The molecule has 0 aromatic rings. The van der Waals surface area contributed by atoms with Crippen LogP contribution < -0.4 is 5.73 Å². The SMILES string of the molecule is CCCC1CCCCN1CCCC(O)(CC)CN. The number of hydrogen-bond donors (Lipinski definition) is 2. The number of nitrogens with two attached hydrogens (primary N) is 1. The Balaban J connectivity index is 2.32. The largest absolute Gasteiger partial charge is 0.389 e. The predicted octanol–water partition coefficient (Wildman–Crippen LogP) is 2.52. The van der Waals surface area contributed by atoms with E-state index in [1.54, 1.807) is 0 Å². The fourth-order valence-electron chi connectivity index (χ4n) is 3.05. The Bertz CT molecular complexity index is 215. The van der Waals surface area contributed by atoms with E-state index in [4.69, 9.17) is 5.73 Å². The van der Waals surface area contributed by atoms with Gasteiger partial charge >= 0.3 is 0 Å². The van der Waals surface area contributed by atoms with E-state index < -0.39 is 5.60 Å². The normalized spacial score (nSPS) is 25.0. The van der Waals surface area contributed by atoms with E-state index in [2.05, 4.69) is 11.8 Å². The summed E-state index contributed by atoms with van der Waals surface area (Å²) in [5, 5.41) is 10.2. The van der Waals surface area contributed by atoms with Gasteiger partial charge in [-0.25, -0.2) is 0 Å². The van der Waals surface area contributed by atoms with Crippen LogP contribution >= 0.6 is 0 Å². The first kappa shape index (κ1) is 15.9. The van der Waals surface area contributed by atoms with Gasteiger partial charge in [-0.3, -0.25) is 0 Å². The van der Waals surface area contributed by atoms with Crippen molar-refractivity contribution < 1.29 is 5.11 Å². The van der Waals surface area contributed by atoms with Crippen molar-refractivity contribution in [2.75, 3.05) is 19.6 Å². The number of hydrogen-bond acceptors (Lipinski definition) is 3. The molecule has 3 N–H and O–H groups in total. The third-order valence-corrected chi connectivity index (χ3v) is 4.50. The Morgan fingerprint density at radius 3 is 2.72 bits per heavy atom. The van der Waals surface area contributed by atoms with Crippen LogP contribution in [0.25, 0.3) is 0 Å². The predicted molar refractivity (Wildman–Crippen MR) is 77.6 cm³/mol. The van der Waals surface area contributed by atoms with Gasteiger partial charge in [0.15, 0.2) is 0 Å². The van der Waals surface area contributed by atoms with E-state index in [0.29, 0.717) is 6.54 Å². The van der Waals surface area contributed by atoms with E-state index in [-0.39, 0.29) is 0 Å². The minimum absolute atomic E-state index is 0.391. The second-order valence-corrected chi connectivity index (χ2v) is 5.86. The van der Waals surface area contributed by atoms with Crippen LogP contribution in [0.3, 0.4) is 0 Å². The van der Waals surface area contributed by atoms with Crippen molar-refractivity contribution in [1.82, 2.24) is 4.90 Å². The van der Waals surface area contributed by atoms with E-state index in [1.165, 1.54) is 38.6 Å². The lowest BCUT2D eigenvalue weighted by molar-refractivity contribution is 0.0283. The van der Waals surface area contributed by atoms with Gasteiger partial charge in [-0.15, -0.1) is 0 Å². The first-order chi connectivity index (χ1) is 8.65. The van der Waals surface area contributed by atoms with E-state index in [9.17, 15) is 5.11 Å². The summed E-state index contributed by atoms with van der Waals surface area (Å²) in [7, 11) is 0. The summed E-state index contributed by atoms with van der Waals surface area (Å²) in [4.78, 5) is 2.64. The Kier molecular flexibility index (Phi) is 7.20. The fourth-order valence-corrected chi connectivity index (χ4v) is 3.05. The van der Waals surface area contributed by atoms with Gasteiger partial charge in [0.1, 0.15) is 0 Å². The first-order valence-corrected chi connectivity index (χ1v) is 7.81. The van der Waals surface area contributed by atoms with Gasteiger partial charge in [0.25, 0.3) is 0 Å². The molecule has 1 fully saturated rings. The lowest BCUT2D eigenvalue weighted by atomic mass is 9.93. The maximum absolute atomic E-state index is 10.2. The topological polar surface area (TPSA) is 49.5 Å². The molecule has 18 heavy (non-hydrogen) atoms. The molecule has 1 aliphatic rings. The van der Waals surface area contributed by atoms with Crippen LogP contribution in [-0.2, 0) is 0 Å². The summed E-state index contributed by atoms with van der Waals surface area (Å²) in [5.41, 5.74) is 5.02. The average molecular weight is 256 g/mol. The number of likely N-dealkylation sites (tertiary alicyclic amines) is 1. The standard InChI is InChI=1S/C15H32N2O/c1-3-8-14-9-5-6-11-17(14)12-7-10-15(18,4-2)13-16/h14,18H,3-13,16H2,1-2H3. The molecule has 1 rings (SSSR count). The number of nitrogens with zero attached hydrogens (tertiary/aromatic N) is 1. The molecule has 1 heterocycles. The van der Waals surface area contributed by atoms with Gasteiger partial charge < -0.3 is 15.7 Å². The molecule has 2 unspecified atom stereocenters.